The lowest BCUT2D eigenvalue weighted by atomic mass is 10.0. The van der Waals surface area contributed by atoms with E-state index in [9.17, 15) is 19.0 Å². The Bertz CT molecular complexity index is 538. The SMILES string of the molecule is Oc1ccc(CC(O)c2ccc(OC(F)F)cc2)cc1. The molecule has 0 heterocycles. The third-order valence-electron chi connectivity index (χ3n) is 2.86. The van der Waals surface area contributed by atoms with Crippen molar-refractivity contribution in [3.63, 3.8) is 0 Å². The normalized spacial score (nSPS) is 12.4. The van der Waals surface area contributed by atoms with Crippen LogP contribution in [0.1, 0.15) is 17.2 Å². The molecule has 0 saturated heterocycles. The molecule has 0 spiro atoms. The Labute approximate surface area is 115 Å². The van der Waals surface area contributed by atoms with Gasteiger partial charge in [0.15, 0.2) is 0 Å². The van der Waals surface area contributed by atoms with E-state index in [-0.39, 0.29) is 11.5 Å². The first-order valence-electron chi connectivity index (χ1n) is 6.05. The molecule has 2 aromatic rings. The Kier molecular flexibility index (Phi) is 4.53. The van der Waals surface area contributed by atoms with Gasteiger partial charge in [0, 0.05) is 6.42 Å². The standard InChI is InChI=1S/C15H14F2O3/c16-15(17)20-13-7-3-11(4-8-13)14(19)9-10-1-5-12(18)6-2-10/h1-8,14-15,18-19H,9H2. The van der Waals surface area contributed by atoms with Crippen molar-refractivity contribution in [3.05, 3.63) is 59.7 Å². The largest absolute Gasteiger partial charge is 0.508 e. The molecule has 0 fully saturated rings. The Balaban J connectivity index is 2.01. The molecule has 2 N–H and O–H groups in total. The third kappa shape index (κ3) is 3.93. The van der Waals surface area contributed by atoms with Gasteiger partial charge in [-0.1, -0.05) is 24.3 Å². The Morgan fingerprint density at radius 1 is 0.950 bits per heavy atom. The molecule has 1 atom stereocenters. The van der Waals surface area contributed by atoms with Crippen LogP contribution in [0.4, 0.5) is 8.78 Å². The predicted octanol–water partition coefficient (Wildman–Crippen LogP) is 3.27. The molecule has 0 aliphatic carbocycles. The quantitative estimate of drug-likeness (QED) is 0.883. The maximum atomic E-state index is 12.0. The minimum Gasteiger partial charge on any atom is -0.508 e. The maximum Gasteiger partial charge on any atom is 0.387 e. The maximum absolute atomic E-state index is 12.0. The molecule has 1 unspecified atom stereocenters. The zero-order valence-corrected chi connectivity index (χ0v) is 10.5. The van der Waals surface area contributed by atoms with Crippen LogP contribution >= 0.6 is 0 Å². The number of benzene rings is 2. The van der Waals surface area contributed by atoms with Gasteiger partial charge in [0.2, 0.25) is 0 Å². The van der Waals surface area contributed by atoms with Crippen molar-refractivity contribution in [2.45, 2.75) is 19.1 Å². The van der Waals surface area contributed by atoms with Crippen LogP contribution < -0.4 is 4.74 Å². The van der Waals surface area contributed by atoms with Crippen molar-refractivity contribution in [1.82, 2.24) is 0 Å². The summed E-state index contributed by atoms with van der Waals surface area (Å²) in [7, 11) is 0. The molecular weight excluding hydrogens is 266 g/mol. The average Bonchev–Trinajstić information content (AvgIpc) is 2.41. The number of halogens is 2. The van der Waals surface area contributed by atoms with E-state index in [2.05, 4.69) is 4.74 Å². The summed E-state index contributed by atoms with van der Waals surface area (Å²) < 4.78 is 28.3. The number of alkyl halides is 2. The van der Waals surface area contributed by atoms with Crippen LogP contribution in [0.25, 0.3) is 0 Å². The van der Waals surface area contributed by atoms with Crippen LogP contribution in [0.2, 0.25) is 0 Å². The lowest BCUT2D eigenvalue weighted by Gasteiger charge is -2.12. The van der Waals surface area contributed by atoms with Gasteiger partial charge in [-0.25, -0.2) is 0 Å². The summed E-state index contributed by atoms with van der Waals surface area (Å²) >= 11 is 0. The number of rotatable bonds is 5. The van der Waals surface area contributed by atoms with Gasteiger partial charge in [0.05, 0.1) is 6.10 Å². The zero-order valence-electron chi connectivity index (χ0n) is 10.5. The van der Waals surface area contributed by atoms with Gasteiger partial charge in [-0.15, -0.1) is 0 Å². The molecule has 0 aliphatic rings. The predicted molar refractivity (Wildman–Crippen MR) is 69.8 cm³/mol. The Morgan fingerprint density at radius 3 is 2.10 bits per heavy atom. The molecule has 0 amide bonds. The van der Waals surface area contributed by atoms with Crippen molar-refractivity contribution in [2.24, 2.45) is 0 Å². The van der Waals surface area contributed by atoms with E-state index in [1.807, 2.05) is 0 Å². The Hall–Kier alpha value is -2.14. The summed E-state index contributed by atoms with van der Waals surface area (Å²) in [6.07, 6.45) is -0.379. The second kappa shape index (κ2) is 6.34. The van der Waals surface area contributed by atoms with Gasteiger partial charge in [0.1, 0.15) is 11.5 Å². The monoisotopic (exact) mass is 280 g/mol. The summed E-state index contributed by atoms with van der Waals surface area (Å²) in [6, 6.07) is 12.4. The molecule has 5 heteroatoms. The number of aliphatic hydroxyl groups excluding tert-OH is 1. The van der Waals surface area contributed by atoms with E-state index in [0.717, 1.165) is 5.56 Å². The summed E-state index contributed by atoms with van der Waals surface area (Å²) in [5.74, 6) is 0.220. The molecule has 106 valence electrons. The van der Waals surface area contributed by atoms with E-state index >= 15 is 0 Å². The molecule has 0 aromatic heterocycles. The summed E-state index contributed by atoms with van der Waals surface area (Å²) in [5.41, 5.74) is 1.47. The van der Waals surface area contributed by atoms with Gasteiger partial charge in [-0.3, -0.25) is 0 Å². The third-order valence-corrected chi connectivity index (χ3v) is 2.86. The minimum atomic E-state index is -2.86. The zero-order chi connectivity index (χ0) is 14.5. The molecule has 2 rings (SSSR count). The Morgan fingerprint density at radius 2 is 1.55 bits per heavy atom. The van der Waals surface area contributed by atoms with E-state index in [1.165, 1.54) is 12.1 Å². The van der Waals surface area contributed by atoms with E-state index in [0.29, 0.717) is 12.0 Å². The second-order valence-corrected chi connectivity index (χ2v) is 4.33. The van der Waals surface area contributed by atoms with E-state index in [4.69, 9.17) is 0 Å². The van der Waals surface area contributed by atoms with Crippen molar-refractivity contribution in [2.75, 3.05) is 0 Å². The lowest BCUT2D eigenvalue weighted by molar-refractivity contribution is -0.0498. The molecule has 0 aliphatic heterocycles. The number of phenols is 1. The first-order chi connectivity index (χ1) is 9.54. The highest BCUT2D eigenvalue weighted by molar-refractivity contribution is 5.31. The fourth-order valence-electron chi connectivity index (χ4n) is 1.84. The number of phenolic OH excluding ortho intramolecular Hbond substituents is 1. The second-order valence-electron chi connectivity index (χ2n) is 4.33. The van der Waals surface area contributed by atoms with Crippen molar-refractivity contribution in [3.8, 4) is 11.5 Å². The number of aromatic hydroxyl groups is 1. The highest BCUT2D eigenvalue weighted by Crippen LogP contribution is 2.22. The molecular formula is C15H14F2O3. The highest BCUT2D eigenvalue weighted by Gasteiger charge is 2.10. The highest BCUT2D eigenvalue weighted by atomic mass is 19.3. The topological polar surface area (TPSA) is 49.7 Å². The van der Waals surface area contributed by atoms with Gasteiger partial charge in [-0.2, -0.15) is 8.78 Å². The first kappa shape index (κ1) is 14.3. The van der Waals surface area contributed by atoms with Crippen LogP contribution in [0.3, 0.4) is 0 Å². The van der Waals surface area contributed by atoms with Crippen LogP contribution in [0, 0.1) is 0 Å². The number of aliphatic hydroxyl groups is 1. The summed E-state index contributed by atoms with van der Waals surface area (Å²) in [4.78, 5) is 0. The molecule has 2 aromatic carbocycles. The van der Waals surface area contributed by atoms with Gasteiger partial charge < -0.3 is 14.9 Å². The minimum absolute atomic E-state index is 0.0561. The molecule has 3 nitrogen and oxygen atoms in total. The van der Waals surface area contributed by atoms with Gasteiger partial charge >= 0.3 is 6.61 Å². The number of hydrogen-bond donors (Lipinski definition) is 2. The van der Waals surface area contributed by atoms with Crippen LogP contribution in [-0.4, -0.2) is 16.8 Å². The number of ether oxygens (including phenoxy) is 1. The van der Waals surface area contributed by atoms with Gasteiger partial charge in [-0.05, 0) is 35.4 Å². The molecule has 0 saturated carbocycles. The smallest absolute Gasteiger partial charge is 0.387 e. The van der Waals surface area contributed by atoms with Crippen molar-refractivity contribution < 1.29 is 23.7 Å². The summed E-state index contributed by atoms with van der Waals surface area (Å²) in [5, 5.41) is 19.2. The van der Waals surface area contributed by atoms with E-state index in [1.54, 1.807) is 36.4 Å². The van der Waals surface area contributed by atoms with Gasteiger partial charge in [0.25, 0.3) is 0 Å². The van der Waals surface area contributed by atoms with E-state index < -0.39 is 12.7 Å². The van der Waals surface area contributed by atoms with Crippen LogP contribution in [0.15, 0.2) is 48.5 Å². The number of hydrogen-bond acceptors (Lipinski definition) is 3. The fourth-order valence-corrected chi connectivity index (χ4v) is 1.84. The average molecular weight is 280 g/mol. The molecule has 20 heavy (non-hydrogen) atoms. The molecule has 0 bridgehead atoms. The first-order valence-corrected chi connectivity index (χ1v) is 6.05. The van der Waals surface area contributed by atoms with Crippen molar-refractivity contribution >= 4 is 0 Å². The van der Waals surface area contributed by atoms with Crippen LogP contribution in [0.5, 0.6) is 11.5 Å². The summed E-state index contributed by atoms with van der Waals surface area (Å²) in [6.45, 7) is -2.86. The fraction of sp³-hybridized carbons (Fsp3) is 0.200. The lowest BCUT2D eigenvalue weighted by Crippen LogP contribution is -2.04. The van der Waals surface area contributed by atoms with Crippen molar-refractivity contribution in [1.29, 1.82) is 0 Å². The van der Waals surface area contributed by atoms with Crippen LogP contribution in [-0.2, 0) is 6.42 Å². The molecule has 0 radical (unpaired) electrons.